The van der Waals surface area contributed by atoms with Gasteiger partial charge in [0.1, 0.15) is 5.57 Å². The number of carbonyl (C=O) groups excluding carboxylic acids is 2. The lowest BCUT2D eigenvalue weighted by molar-refractivity contribution is -0.123. The molecule has 1 saturated heterocycles. The fourth-order valence-electron chi connectivity index (χ4n) is 1.21. The highest BCUT2D eigenvalue weighted by molar-refractivity contribution is 8.06. The van der Waals surface area contributed by atoms with Crippen LogP contribution < -0.4 is 10.6 Å². The van der Waals surface area contributed by atoms with Crippen LogP contribution in [0.5, 0.6) is 0 Å². The van der Waals surface area contributed by atoms with E-state index in [2.05, 4.69) is 22.9 Å². The van der Waals surface area contributed by atoms with Crippen molar-refractivity contribution in [2.45, 2.75) is 6.42 Å². The minimum absolute atomic E-state index is 0.0697. The fourth-order valence-corrected chi connectivity index (χ4v) is 2.25. The average Bonchev–Trinajstić information content (AvgIpc) is 2.54. The molecule has 0 unspecified atom stereocenters. The van der Waals surface area contributed by atoms with Gasteiger partial charge in [-0.2, -0.15) is 0 Å². The van der Waals surface area contributed by atoms with Crippen molar-refractivity contribution in [2.24, 2.45) is 0 Å². The zero-order valence-corrected chi connectivity index (χ0v) is 8.63. The van der Waals surface area contributed by atoms with Crippen LogP contribution in [0.25, 0.3) is 0 Å². The summed E-state index contributed by atoms with van der Waals surface area (Å²) < 4.78 is 0. The predicted molar refractivity (Wildman–Crippen MR) is 57.3 cm³/mol. The Balaban J connectivity index is 2.34. The van der Waals surface area contributed by atoms with Gasteiger partial charge < -0.3 is 0 Å². The molecule has 72 valence electrons. The van der Waals surface area contributed by atoms with Crippen LogP contribution in [0.3, 0.4) is 0 Å². The van der Waals surface area contributed by atoms with Crippen LogP contribution in [-0.4, -0.2) is 16.9 Å². The Morgan fingerprint density at radius 3 is 2.43 bits per heavy atom. The third-order valence-electron chi connectivity index (χ3n) is 1.80. The molecule has 1 fully saturated rings. The molecule has 6 heteroatoms. The molecule has 0 atom stereocenters. The summed E-state index contributed by atoms with van der Waals surface area (Å²) >= 11 is 6.07. The van der Waals surface area contributed by atoms with Crippen LogP contribution in [-0.2, 0) is 9.59 Å². The van der Waals surface area contributed by atoms with E-state index in [-0.39, 0.29) is 10.7 Å². The zero-order chi connectivity index (χ0) is 10.1. The topological polar surface area (TPSA) is 58.2 Å². The first kappa shape index (κ1) is 9.42. The van der Waals surface area contributed by atoms with E-state index in [0.717, 1.165) is 4.91 Å². The Labute approximate surface area is 89.8 Å². The molecule has 2 N–H and O–H groups in total. The van der Waals surface area contributed by atoms with Gasteiger partial charge in [-0.05, 0) is 24.0 Å². The third kappa shape index (κ3) is 1.58. The predicted octanol–water partition coefficient (Wildman–Crippen LogP) is 0.422. The van der Waals surface area contributed by atoms with Crippen molar-refractivity contribution in [1.82, 2.24) is 10.6 Å². The number of amides is 2. The van der Waals surface area contributed by atoms with E-state index >= 15 is 0 Å². The molecule has 14 heavy (non-hydrogen) atoms. The zero-order valence-electron chi connectivity index (χ0n) is 6.99. The second kappa shape index (κ2) is 3.55. The highest BCUT2D eigenvalue weighted by Crippen LogP contribution is 2.31. The second-order valence-electron chi connectivity index (χ2n) is 2.73. The number of allylic oxidation sites excluding steroid dienone is 2. The number of rotatable bonds is 0. The molecule has 0 aromatic heterocycles. The summed E-state index contributed by atoms with van der Waals surface area (Å²) in [5.74, 6) is -0.824. The summed E-state index contributed by atoms with van der Waals surface area (Å²) in [6, 6.07) is 0. The normalized spacial score (nSPS) is 21.3. The lowest BCUT2D eigenvalue weighted by Crippen LogP contribution is -2.51. The number of thiocarbonyl (C=S) groups is 1. The van der Waals surface area contributed by atoms with Crippen molar-refractivity contribution < 1.29 is 9.59 Å². The van der Waals surface area contributed by atoms with E-state index in [9.17, 15) is 9.59 Å². The molecule has 0 aromatic carbocycles. The quantitative estimate of drug-likeness (QED) is 0.357. The molecule has 0 spiro atoms. The van der Waals surface area contributed by atoms with Crippen molar-refractivity contribution >= 4 is 40.9 Å². The first-order valence-electron chi connectivity index (χ1n) is 3.90. The van der Waals surface area contributed by atoms with Gasteiger partial charge in [0.05, 0.1) is 0 Å². The molecule has 0 bridgehead atoms. The van der Waals surface area contributed by atoms with Crippen molar-refractivity contribution in [3.05, 3.63) is 22.0 Å². The molecule has 2 heterocycles. The first-order valence-corrected chi connectivity index (χ1v) is 5.19. The molecule has 0 saturated carbocycles. The molecule has 2 amide bonds. The number of hydrogen-bond acceptors (Lipinski definition) is 4. The molecule has 0 radical (unpaired) electrons. The van der Waals surface area contributed by atoms with Crippen LogP contribution in [0.2, 0.25) is 0 Å². The van der Waals surface area contributed by atoms with Crippen molar-refractivity contribution in [2.75, 3.05) is 0 Å². The molecular weight excluding hydrogens is 220 g/mol. The number of thioether (sulfide) groups is 1. The average molecular weight is 226 g/mol. The molecule has 4 nitrogen and oxygen atoms in total. The Morgan fingerprint density at radius 2 is 1.93 bits per heavy atom. The van der Waals surface area contributed by atoms with E-state index in [1.165, 1.54) is 11.8 Å². The van der Waals surface area contributed by atoms with E-state index in [0.29, 0.717) is 6.42 Å². The highest BCUT2D eigenvalue weighted by Gasteiger charge is 2.29. The van der Waals surface area contributed by atoms with E-state index < -0.39 is 11.8 Å². The maximum atomic E-state index is 11.4. The van der Waals surface area contributed by atoms with Gasteiger partial charge in [-0.25, -0.2) is 0 Å². The Hall–Kier alpha value is -1.14. The third-order valence-corrected chi connectivity index (χ3v) is 2.98. The number of carbonyl (C=O) groups is 2. The van der Waals surface area contributed by atoms with Gasteiger partial charge in [0.25, 0.3) is 11.8 Å². The summed E-state index contributed by atoms with van der Waals surface area (Å²) in [6.07, 6.45) is 2.54. The van der Waals surface area contributed by atoms with Crippen LogP contribution >= 0.6 is 24.0 Å². The SMILES string of the molecule is O=C1NC(=S)NC(=O)C1=C1CC=CS1. The Kier molecular flexibility index (Phi) is 2.39. The highest BCUT2D eigenvalue weighted by atomic mass is 32.2. The van der Waals surface area contributed by atoms with Crippen molar-refractivity contribution in [3.8, 4) is 0 Å². The lowest BCUT2D eigenvalue weighted by atomic mass is 10.1. The standard InChI is InChI=1S/C8H6N2O2S2/c11-6-5(4-2-1-3-14-4)7(12)10-8(13)9-6/h1,3H,2H2,(H2,9,10,11,12,13). The van der Waals surface area contributed by atoms with Gasteiger partial charge >= 0.3 is 0 Å². The molecule has 2 aliphatic rings. The summed E-state index contributed by atoms with van der Waals surface area (Å²) in [4.78, 5) is 23.7. The monoisotopic (exact) mass is 226 g/mol. The van der Waals surface area contributed by atoms with E-state index in [1.807, 2.05) is 11.5 Å². The smallest absolute Gasteiger partial charge is 0.263 e. The summed E-state index contributed by atoms with van der Waals surface area (Å²) in [5.41, 5.74) is 0.175. The Morgan fingerprint density at radius 1 is 1.29 bits per heavy atom. The first-order chi connectivity index (χ1) is 6.68. The maximum absolute atomic E-state index is 11.4. The van der Waals surface area contributed by atoms with Gasteiger partial charge in [-0.15, -0.1) is 11.8 Å². The van der Waals surface area contributed by atoms with Crippen LogP contribution in [0.1, 0.15) is 6.42 Å². The van der Waals surface area contributed by atoms with Gasteiger partial charge in [-0.3, -0.25) is 20.2 Å². The molecular formula is C8H6N2O2S2. The second-order valence-corrected chi connectivity index (χ2v) is 4.14. The van der Waals surface area contributed by atoms with Crippen LogP contribution in [0.4, 0.5) is 0 Å². The van der Waals surface area contributed by atoms with Gasteiger partial charge in [0, 0.05) is 4.91 Å². The minimum Gasteiger partial charge on any atom is -0.299 e. The summed E-state index contributed by atoms with van der Waals surface area (Å²) in [7, 11) is 0. The summed E-state index contributed by atoms with van der Waals surface area (Å²) in [5, 5.41) is 6.72. The van der Waals surface area contributed by atoms with Gasteiger partial charge in [-0.1, -0.05) is 6.08 Å². The molecule has 2 aliphatic heterocycles. The molecule has 2 rings (SSSR count). The largest absolute Gasteiger partial charge is 0.299 e. The Bertz CT molecular complexity index is 366. The maximum Gasteiger partial charge on any atom is 0.263 e. The molecule has 0 aliphatic carbocycles. The van der Waals surface area contributed by atoms with Crippen LogP contribution in [0, 0.1) is 0 Å². The van der Waals surface area contributed by atoms with Crippen molar-refractivity contribution in [1.29, 1.82) is 0 Å². The fraction of sp³-hybridized carbons (Fsp3) is 0.125. The van der Waals surface area contributed by atoms with E-state index in [4.69, 9.17) is 0 Å². The van der Waals surface area contributed by atoms with Gasteiger partial charge in [0.2, 0.25) is 0 Å². The summed E-state index contributed by atoms with van der Waals surface area (Å²) in [6.45, 7) is 0. The molecule has 0 aromatic rings. The van der Waals surface area contributed by atoms with Crippen molar-refractivity contribution in [3.63, 3.8) is 0 Å². The lowest BCUT2D eigenvalue weighted by Gasteiger charge is -2.17. The number of nitrogens with one attached hydrogen (secondary N) is 2. The minimum atomic E-state index is -0.412. The van der Waals surface area contributed by atoms with Gasteiger partial charge in [0.15, 0.2) is 5.11 Å². The van der Waals surface area contributed by atoms with E-state index in [1.54, 1.807) is 0 Å². The number of hydrogen-bond donors (Lipinski definition) is 2. The van der Waals surface area contributed by atoms with Crippen LogP contribution in [0.15, 0.2) is 22.0 Å².